The third kappa shape index (κ3) is 6.12. The lowest BCUT2D eigenvalue weighted by atomic mass is 9.80. The number of rotatable bonds is 9. The van der Waals surface area contributed by atoms with E-state index in [2.05, 4.69) is 22.7 Å². The molecule has 1 fully saturated rings. The minimum absolute atomic E-state index is 0.0938. The Bertz CT molecular complexity index is 706. The van der Waals surface area contributed by atoms with Gasteiger partial charge in [-0.25, -0.2) is 4.57 Å². The van der Waals surface area contributed by atoms with Gasteiger partial charge >= 0.3 is 7.82 Å². The van der Waals surface area contributed by atoms with Crippen LogP contribution >= 0.6 is 7.82 Å². The van der Waals surface area contributed by atoms with E-state index in [0.29, 0.717) is 12.3 Å². The van der Waals surface area contributed by atoms with Crippen molar-refractivity contribution in [2.24, 2.45) is 11.7 Å². The molecule has 3 atom stereocenters. The van der Waals surface area contributed by atoms with Crippen molar-refractivity contribution in [3.05, 3.63) is 34.9 Å². The largest absolute Gasteiger partial charge is 0.469 e. The highest BCUT2D eigenvalue weighted by atomic mass is 31.2. The standard InChI is InChI=1S/C21H34NO5P/c1-26-11-3-2-4-16-5-6-18-13-19(8-7-17(18)12-16)20-9-10-21(22,14-20)15-27-28(23,24)25/h7-8,13,16,20H,2-6,9-12,14-15,22H2,1H3,(H2,23,24,25)/t16-,20+,21-/m0/s1. The molecule has 0 aliphatic heterocycles. The number of hydrogen-bond acceptors (Lipinski definition) is 4. The number of phosphoric acid groups is 1. The summed E-state index contributed by atoms with van der Waals surface area (Å²) in [7, 11) is -2.71. The highest BCUT2D eigenvalue weighted by Crippen LogP contribution is 2.44. The van der Waals surface area contributed by atoms with Crippen LogP contribution in [0.2, 0.25) is 0 Å². The van der Waals surface area contributed by atoms with Gasteiger partial charge in [0, 0.05) is 19.3 Å². The molecule has 6 nitrogen and oxygen atoms in total. The summed E-state index contributed by atoms with van der Waals surface area (Å²) in [6.07, 6.45) is 9.59. The van der Waals surface area contributed by atoms with E-state index in [4.69, 9.17) is 20.3 Å². The fourth-order valence-corrected chi connectivity index (χ4v) is 5.24. The summed E-state index contributed by atoms with van der Waals surface area (Å²) >= 11 is 0. The lowest BCUT2D eigenvalue weighted by Gasteiger charge is -2.27. The highest BCUT2D eigenvalue weighted by molar-refractivity contribution is 7.46. The highest BCUT2D eigenvalue weighted by Gasteiger charge is 2.38. The molecule has 2 aliphatic carbocycles. The van der Waals surface area contributed by atoms with Gasteiger partial charge < -0.3 is 20.3 Å². The van der Waals surface area contributed by atoms with Crippen molar-refractivity contribution < 1.29 is 23.6 Å². The van der Waals surface area contributed by atoms with Gasteiger partial charge in [0.15, 0.2) is 0 Å². The Balaban J connectivity index is 1.56. The van der Waals surface area contributed by atoms with Gasteiger partial charge in [0.05, 0.1) is 6.61 Å². The number of ether oxygens (including phenoxy) is 1. The molecule has 3 rings (SSSR count). The van der Waals surface area contributed by atoms with E-state index in [9.17, 15) is 4.57 Å². The summed E-state index contributed by atoms with van der Waals surface area (Å²) in [4.78, 5) is 17.9. The van der Waals surface area contributed by atoms with E-state index in [1.165, 1.54) is 42.4 Å². The van der Waals surface area contributed by atoms with Crippen molar-refractivity contribution in [2.45, 2.75) is 69.2 Å². The van der Waals surface area contributed by atoms with Crippen molar-refractivity contribution >= 4 is 7.82 Å². The number of nitrogens with two attached hydrogens (primary N) is 1. The average Bonchev–Trinajstić information content (AvgIpc) is 3.05. The molecule has 0 spiro atoms. The monoisotopic (exact) mass is 411 g/mol. The molecule has 0 bridgehead atoms. The quantitative estimate of drug-likeness (QED) is 0.423. The Labute approximate surface area is 168 Å². The molecule has 0 amide bonds. The molecule has 2 aliphatic rings. The van der Waals surface area contributed by atoms with Crippen molar-refractivity contribution in [2.75, 3.05) is 20.3 Å². The Morgan fingerprint density at radius 3 is 2.82 bits per heavy atom. The Kier molecular flexibility index (Phi) is 7.35. The van der Waals surface area contributed by atoms with Crippen molar-refractivity contribution in [1.82, 2.24) is 0 Å². The summed E-state index contributed by atoms with van der Waals surface area (Å²) in [5.74, 6) is 1.12. The number of aryl methyl sites for hydroxylation is 1. The van der Waals surface area contributed by atoms with Crippen LogP contribution in [0, 0.1) is 5.92 Å². The van der Waals surface area contributed by atoms with Crippen LogP contribution in [0.5, 0.6) is 0 Å². The average molecular weight is 411 g/mol. The van der Waals surface area contributed by atoms with E-state index >= 15 is 0 Å². The second-order valence-electron chi connectivity index (χ2n) is 8.69. The Hall–Kier alpha value is -0.750. The first-order chi connectivity index (χ1) is 13.3. The molecule has 0 heterocycles. The number of phosphoric ester groups is 1. The van der Waals surface area contributed by atoms with Crippen LogP contribution in [0.4, 0.5) is 0 Å². The normalized spacial score (nSPS) is 27.7. The summed E-state index contributed by atoms with van der Waals surface area (Å²) in [6.45, 7) is 0.763. The lowest BCUT2D eigenvalue weighted by molar-refractivity contribution is 0.153. The molecule has 0 saturated heterocycles. The molecule has 1 aromatic rings. The molecule has 158 valence electrons. The molecule has 4 N–H and O–H groups in total. The number of hydrogen-bond donors (Lipinski definition) is 3. The fourth-order valence-electron chi connectivity index (χ4n) is 4.81. The lowest BCUT2D eigenvalue weighted by Crippen LogP contribution is -2.41. The zero-order chi connectivity index (χ0) is 20.2. The van der Waals surface area contributed by atoms with E-state index in [1.807, 2.05) is 0 Å². The van der Waals surface area contributed by atoms with Gasteiger partial charge in [-0.3, -0.25) is 4.52 Å². The zero-order valence-electron chi connectivity index (χ0n) is 16.8. The predicted molar refractivity (Wildman–Crippen MR) is 109 cm³/mol. The second-order valence-corrected chi connectivity index (χ2v) is 9.93. The molecular weight excluding hydrogens is 377 g/mol. The van der Waals surface area contributed by atoms with Gasteiger partial charge in [-0.15, -0.1) is 0 Å². The smallest absolute Gasteiger partial charge is 0.385 e. The van der Waals surface area contributed by atoms with Gasteiger partial charge in [-0.1, -0.05) is 31.0 Å². The predicted octanol–water partition coefficient (Wildman–Crippen LogP) is 3.68. The first kappa shape index (κ1) is 21.9. The molecule has 0 radical (unpaired) electrons. The minimum atomic E-state index is -4.47. The maximum atomic E-state index is 11.0. The van der Waals surface area contributed by atoms with Crippen molar-refractivity contribution in [3.8, 4) is 0 Å². The van der Waals surface area contributed by atoms with E-state index in [1.54, 1.807) is 7.11 Å². The molecule has 0 unspecified atom stereocenters. The van der Waals surface area contributed by atoms with Crippen LogP contribution < -0.4 is 5.73 Å². The summed E-state index contributed by atoms with van der Waals surface area (Å²) in [5, 5.41) is 0. The number of methoxy groups -OCH3 is 1. The number of benzene rings is 1. The SMILES string of the molecule is COCCCC[C@H]1CCc2cc([C@@H]3CC[C@@](N)(COP(=O)(O)O)C3)ccc2C1. The van der Waals surface area contributed by atoms with E-state index in [-0.39, 0.29) is 6.61 Å². The third-order valence-corrected chi connectivity index (χ3v) is 6.87. The number of unbranched alkanes of at least 4 members (excludes halogenated alkanes) is 1. The van der Waals surface area contributed by atoms with E-state index < -0.39 is 13.4 Å². The first-order valence-corrected chi connectivity index (χ1v) is 11.9. The van der Waals surface area contributed by atoms with Crippen LogP contribution in [0.15, 0.2) is 18.2 Å². The van der Waals surface area contributed by atoms with Crippen LogP contribution in [-0.4, -0.2) is 35.6 Å². The van der Waals surface area contributed by atoms with Gasteiger partial charge in [0.25, 0.3) is 0 Å². The zero-order valence-corrected chi connectivity index (χ0v) is 17.7. The topological polar surface area (TPSA) is 102 Å². The Morgan fingerprint density at radius 1 is 1.25 bits per heavy atom. The Morgan fingerprint density at radius 2 is 2.07 bits per heavy atom. The maximum Gasteiger partial charge on any atom is 0.469 e. The minimum Gasteiger partial charge on any atom is -0.385 e. The molecular formula is C21H34NO5P. The van der Waals surface area contributed by atoms with Crippen LogP contribution in [0.25, 0.3) is 0 Å². The maximum absolute atomic E-state index is 11.0. The van der Waals surface area contributed by atoms with Crippen molar-refractivity contribution in [3.63, 3.8) is 0 Å². The van der Waals surface area contributed by atoms with E-state index in [0.717, 1.165) is 38.2 Å². The summed E-state index contributed by atoms with van der Waals surface area (Å²) < 4.78 is 20.8. The third-order valence-electron chi connectivity index (χ3n) is 6.41. The van der Waals surface area contributed by atoms with Crippen LogP contribution in [0.3, 0.4) is 0 Å². The molecule has 1 aromatic carbocycles. The summed E-state index contributed by atoms with van der Waals surface area (Å²) in [5.41, 5.74) is 9.93. The molecule has 1 saturated carbocycles. The van der Waals surface area contributed by atoms with Crippen LogP contribution in [-0.2, 0) is 26.7 Å². The van der Waals surface area contributed by atoms with Crippen LogP contribution in [0.1, 0.15) is 67.6 Å². The second kappa shape index (κ2) is 9.38. The van der Waals surface area contributed by atoms with Gasteiger partial charge in [0.2, 0.25) is 0 Å². The van der Waals surface area contributed by atoms with Crippen molar-refractivity contribution in [1.29, 1.82) is 0 Å². The van der Waals surface area contributed by atoms with Gasteiger partial charge in [0.1, 0.15) is 0 Å². The summed E-state index contributed by atoms with van der Waals surface area (Å²) in [6, 6.07) is 6.86. The molecule has 28 heavy (non-hydrogen) atoms. The van der Waals surface area contributed by atoms with Gasteiger partial charge in [-0.2, -0.15) is 0 Å². The molecule has 0 aromatic heterocycles. The number of fused-ring (bicyclic) bond motifs is 1. The molecule has 7 heteroatoms. The fraction of sp³-hybridized carbons (Fsp3) is 0.714. The first-order valence-electron chi connectivity index (χ1n) is 10.4. The van der Waals surface area contributed by atoms with Gasteiger partial charge in [-0.05, 0) is 73.5 Å².